The molecule has 1 amide bonds. The fraction of sp³-hybridized carbons (Fsp3) is 0.400. The zero-order chi connectivity index (χ0) is 16.4. The van der Waals surface area contributed by atoms with E-state index in [4.69, 9.17) is 0 Å². The molecule has 7 nitrogen and oxygen atoms in total. The fourth-order valence-corrected chi connectivity index (χ4v) is 4.48. The first kappa shape index (κ1) is 15.7. The van der Waals surface area contributed by atoms with E-state index in [9.17, 15) is 13.2 Å². The van der Waals surface area contributed by atoms with Crippen molar-refractivity contribution >= 4 is 15.7 Å². The second-order valence-corrected chi connectivity index (χ2v) is 7.96. The van der Waals surface area contributed by atoms with E-state index in [0.717, 1.165) is 5.56 Å². The van der Waals surface area contributed by atoms with Gasteiger partial charge in [-0.05, 0) is 25.5 Å². The molecular weight excluding hydrogens is 316 g/mol. The number of carbonyl (C=O) groups is 1. The Hall–Kier alpha value is -2.22. The Balaban J connectivity index is 1.87. The van der Waals surface area contributed by atoms with Gasteiger partial charge in [0, 0.05) is 23.7 Å². The largest absolute Gasteiger partial charge is 0.335 e. The first-order valence-corrected chi connectivity index (χ1v) is 9.25. The van der Waals surface area contributed by atoms with Gasteiger partial charge in [0.05, 0.1) is 11.5 Å². The van der Waals surface area contributed by atoms with Crippen LogP contribution >= 0.6 is 0 Å². The molecule has 0 saturated carbocycles. The quantitative estimate of drug-likeness (QED) is 0.888. The minimum absolute atomic E-state index is 0.0144. The van der Waals surface area contributed by atoms with E-state index in [0.29, 0.717) is 24.4 Å². The third-order valence-electron chi connectivity index (χ3n) is 3.94. The molecule has 23 heavy (non-hydrogen) atoms. The highest BCUT2D eigenvalue weighted by Gasteiger charge is 2.29. The molecule has 0 spiro atoms. The highest BCUT2D eigenvalue weighted by Crippen LogP contribution is 2.19. The van der Waals surface area contributed by atoms with E-state index < -0.39 is 9.84 Å². The molecule has 1 aliphatic heterocycles. The van der Waals surface area contributed by atoms with E-state index in [1.807, 2.05) is 6.07 Å². The predicted octanol–water partition coefficient (Wildman–Crippen LogP) is 1.12. The fourth-order valence-electron chi connectivity index (χ4n) is 2.83. The van der Waals surface area contributed by atoms with Crippen LogP contribution in [0.4, 0.5) is 0 Å². The maximum Gasteiger partial charge on any atom is 0.254 e. The van der Waals surface area contributed by atoms with E-state index in [1.165, 1.54) is 6.33 Å². The summed E-state index contributed by atoms with van der Waals surface area (Å²) < 4.78 is 23.7. The van der Waals surface area contributed by atoms with E-state index in [2.05, 4.69) is 15.2 Å². The van der Waals surface area contributed by atoms with Gasteiger partial charge in [0.25, 0.3) is 5.91 Å². The molecule has 1 N–H and O–H groups in total. The Labute approximate surface area is 134 Å². The van der Waals surface area contributed by atoms with Crippen molar-refractivity contribution in [2.24, 2.45) is 0 Å². The number of aromatic amines is 1. The van der Waals surface area contributed by atoms with Crippen LogP contribution < -0.4 is 0 Å². The van der Waals surface area contributed by atoms with Crippen LogP contribution in [0, 0.1) is 0 Å². The second-order valence-electron chi connectivity index (χ2n) is 5.73. The smallest absolute Gasteiger partial charge is 0.254 e. The number of rotatable bonds is 2. The topological polar surface area (TPSA) is 96.0 Å². The molecule has 1 atom stereocenters. The van der Waals surface area contributed by atoms with Crippen LogP contribution in [0.2, 0.25) is 0 Å². The van der Waals surface area contributed by atoms with Crippen LogP contribution in [0.3, 0.4) is 0 Å². The molecule has 8 heteroatoms. The zero-order valence-corrected chi connectivity index (χ0v) is 13.6. The predicted molar refractivity (Wildman–Crippen MR) is 85.6 cm³/mol. The number of amides is 1. The number of nitrogens with one attached hydrogen (secondary N) is 1. The molecule has 1 aromatic heterocycles. The molecule has 1 saturated heterocycles. The Bertz CT molecular complexity index is 802. The molecule has 122 valence electrons. The van der Waals surface area contributed by atoms with Crippen molar-refractivity contribution in [3.05, 3.63) is 36.2 Å². The van der Waals surface area contributed by atoms with Crippen LogP contribution in [0.5, 0.6) is 0 Å². The van der Waals surface area contributed by atoms with Gasteiger partial charge in [-0.3, -0.25) is 9.89 Å². The Morgan fingerprint density at radius 3 is 2.96 bits per heavy atom. The summed E-state index contributed by atoms with van der Waals surface area (Å²) in [5.74, 6) is 0.585. The van der Waals surface area contributed by atoms with Gasteiger partial charge in [-0.15, -0.1) is 0 Å². The third kappa shape index (κ3) is 3.42. The summed E-state index contributed by atoms with van der Waals surface area (Å²) in [5, 5.41) is 6.57. The third-order valence-corrected chi connectivity index (χ3v) is 5.84. The summed E-state index contributed by atoms with van der Waals surface area (Å²) in [7, 11) is -3.08. The SMILES string of the molecule is CC1CS(=O)(=O)CCCN1C(=O)c1cccc(-c2ncn[nH]2)c1. The molecule has 0 bridgehead atoms. The molecule has 0 aliphatic carbocycles. The number of hydrogen-bond donors (Lipinski definition) is 1. The molecule has 1 aliphatic rings. The highest BCUT2D eigenvalue weighted by atomic mass is 32.2. The number of aromatic nitrogens is 3. The summed E-state index contributed by atoms with van der Waals surface area (Å²) >= 11 is 0. The molecule has 1 fully saturated rings. The van der Waals surface area contributed by atoms with Crippen LogP contribution in [0.15, 0.2) is 30.6 Å². The second kappa shape index (κ2) is 6.11. The molecular formula is C15H18N4O3S. The van der Waals surface area contributed by atoms with Crippen molar-refractivity contribution in [3.63, 3.8) is 0 Å². The van der Waals surface area contributed by atoms with Gasteiger partial charge < -0.3 is 4.90 Å². The van der Waals surface area contributed by atoms with Crippen molar-refractivity contribution in [1.29, 1.82) is 0 Å². The minimum atomic E-state index is -3.08. The molecule has 3 rings (SSSR count). The van der Waals surface area contributed by atoms with Gasteiger partial charge in [0.1, 0.15) is 6.33 Å². The first-order chi connectivity index (χ1) is 11.0. The summed E-state index contributed by atoms with van der Waals surface area (Å²) in [5.41, 5.74) is 1.29. The van der Waals surface area contributed by atoms with Crippen molar-refractivity contribution in [1.82, 2.24) is 20.1 Å². The van der Waals surface area contributed by atoms with Gasteiger partial charge in [-0.25, -0.2) is 13.4 Å². The summed E-state index contributed by atoms with van der Waals surface area (Å²) in [4.78, 5) is 18.5. The number of H-pyrrole nitrogens is 1. The van der Waals surface area contributed by atoms with Crippen LogP contribution in [0.25, 0.3) is 11.4 Å². The average molecular weight is 334 g/mol. The van der Waals surface area contributed by atoms with Gasteiger partial charge in [0.2, 0.25) is 0 Å². The minimum Gasteiger partial charge on any atom is -0.335 e. The van der Waals surface area contributed by atoms with Crippen LogP contribution in [-0.2, 0) is 9.84 Å². The van der Waals surface area contributed by atoms with Crippen molar-refractivity contribution in [2.45, 2.75) is 19.4 Å². The molecule has 1 unspecified atom stereocenters. The first-order valence-electron chi connectivity index (χ1n) is 7.43. The zero-order valence-electron chi connectivity index (χ0n) is 12.8. The van der Waals surface area contributed by atoms with Gasteiger partial charge in [-0.2, -0.15) is 5.10 Å². The molecule has 2 aromatic rings. The number of nitrogens with zero attached hydrogens (tertiary/aromatic N) is 3. The monoisotopic (exact) mass is 334 g/mol. The lowest BCUT2D eigenvalue weighted by Crippen LogP contribution is -2.40. The number of hydrogen-bond acceptors (Lipinski definition) is 5. The lowest BCUT2D eigenvalue weighted by molar-refractivity contribution is 0.0712. The van der Waals surface area contributed by atoms with Gasteiger partial charge in [0.15, 0.2) is 15.7 Å². The van der Waals surface area contributed by atoms with Gasteiger partial charge >= 0.3 is 0 Å². The highest BCUT2D eigenvalue weighted by molar-refractivity contribution is 7.91. The average Bonchev–Trinajstić information content (AvgIpc) is 3.00. The van der Waals surface area contributed by atoms with Crippen LogP contribution in [0.1, 0.15) is 23.7 Å². The molecule has 1 aromatic carbocycles. The lowest BCUT2D eigenvalue weighted by Gasteiger charge is -2.26. The van der Waals surface area contributed by atoms with Gasteiger partial charge in [-0.1, -0.05) is 12.1 Å². The van der Waals surface area contributed by atoms with Crippen LogP contribution in [-0.4, -0.2) is 58.5 Å². The number of benzene rings is 1. The summed E-state index contributed by atoms with van der Waals surface area (Å²) in [6, 6.07) is 6.77. The van der Waals surface area contributed by atoms with Crippen molar-refractivity contribution in [2.75, 3.05) is 18.1 Å². The Morgan fingerprint density at radius 1 is 1.39 bits per heavy atom. The normalized spacial score (nSPS) is 20.9. The summed E-state index contributed by atoms with van der Waals surface area (Å²) in [6.07, 6.45) is 1.88. The summed E-state index contributed by atoms with van der Waals surface area (Å²) in [6.45, 7) is 2.23. The Morgan fingerprint density at radius 2 is 2.22 bits per heavy atom. The Kier molecular flexibility index (Phi) is 4.16. The number of carbonyl (C=O) groups excluding carboxylic acids is 1. The van der Waals surface area contributed by atoms with E-state index >= 15 is 0 Å². The number of sulfone groups is 1. The maximum atomic E-state index is 12.8. The molecule has 0 radical (unpaired) electrons. The van der Waals surface area contributed by atoms with E-state index in [-0.39, 0.29) is 23.5 Å². The maximum absolute atomic E-state index is 12.8. The molecule has 2 heterocycles. The standard InChI is InChI=1S/C15H18N4O3S/c1-11-9-23(21,22)7-3-6-19(11)15(20)13-5-2-4-12(8-13)14-16-10-17-18-14/h2,4-5,8,10-11H,3,6-7,9H2,1H3,(H,16,17,18). The van der Waals surface area contributed by atoms with Crippen molar-refractivity contribution < 1.29 is 13.2 Å². The van der Waals surface area contributed by atoms with Crippen molar-refractivity contribution in [3.8, 4) is 11.4 Å². The lowest BCUT2D eigenvalue weighted by atomic mass is 10.1. The van der Waals surface area contributed by atoms with E-state index in [1.54, 1.807) is 30.0 Å².